The van der Waals surface area contributed by atoms with Gasteiger partial charge < -0.3 is 11.5 Å². The Labute approximate surface area is 97.6 Å². The largest absolute Gasteiger partial charge is 0.379 e. The molecule has 2 heterocycles. The van der Waals surface area contributed by atoms with E-state index in [0.717, 1.165) is 0 Å². The molecule has 18 heavy (non-hydrogen) atoms. The van der Waals surface area contributed by atoms with Gasteiger partial charge in [0.15, 0.2) is 0 Å². The SMILES string of the molecule is Nc1nonc1C(=O)NNC(=O)c1nonc1N. The second-order valence-electron chi connectivity index (χ2n) is 2.90. The number of carbonyl (C=O) groups is 2. The fourth-order valence-corrected chi connectivity index (χ4v) is 0.938. The molecule has 2 aromatic heterocycles. The number of nitrogens with two attached hydrogens (primary N) is 2. The highest BCUT2D eigenvalue weighted by molar-refractivity contribution is 6.00. The molecule has 2 rings (SSSR count). The molecule has 0 aliphatic rings. The molecule has 0 unspecified atom stereocenters. The van der Waals surface area contributed by atoms with E-state index in [1.54, 1.807) is 0 Å². The maximum absolute atomic E-state index is 11.4. The third-order valence-corrected chi connectivity index (χ3v) is 1.75. The number of nitrogen functional groups attached to an aromatic ring is 2. The Hall–Kier alpha value is -3.18. The van der Waals surface area contributed by atoms with E-state index in [1.807, 2.05) is 10.9 Å². The Morgan fingerprint density at radius 3 is 1.50 bits per heavy atom. The predicted molar refractivity (Wildman–Crippen MR) is 52.4 cm³/mol. The van der Waals surface area contributed by atoms with Crippen LogP contribution in [-0.2, 0) is 0 Å². The molecule has 12 heteroatoms. The third-order valence-electron chi connectivity index (χ3n) is 1.75. The topological polar surface area (TPSA) is 188 Å². The summed E-state index contributed by atoms with van der Waals surface area (Å²) in [7, 11) is 0. The van der Waals surface area contributed by atoms with Crippen molar-refractivity contribution in [1.82, 2.24) is 31.5 Å². The summed E-state index contributed by atoms with van der Waals surface area (Å²) < 4.78 is 8.42. The highest BCUT2D eigenvalue weighted by atomic mass is 16.6. The number of carbonyl (C=O) groups excluding carboxylic acids is 2. The zero-order chi connectivity index (χ0) is 13.1. The summed E-state index contributed by atoms with van der Waals surface area (Å²) in [4.78, 5) is 22.9. The fourth-order valence-electron chi connectivity index (χ4n) is 0.938. The molecule has 0 fully saturated rings. The number of amides is 2. The first-order valence-corrected chi connectivity index (χ1v) is 4.36. The smallest absolute Gasteiger partial charge is 0.295 e. The van der Waals surface area contributed by atoms with E-state index in [4.69, 9.17) is 11.5 Å². The van der Waals surface area contributed by atoms with Crippen LogP contribution in [0.5, 0.6) is 0 Å². The van der Waals surface area contributed by atoms with E-state index in [2.05, 4.69) is 29.9 Å². The second-order valence-corrected chi connectivity index (χ2v) is 2.90. The number of aromatic nitrogens is 4. The summed E-state index contributed by atoms with van der Waals surface area (Å²) in [5.74, 6) is -2.08. The minimum absolute atomic E-state index is 0.218. The van der Waals surface area contributed by atoms with Gasteiger partial charge in [-0.15, -0.1) is 0 Å². The summed E-state index contributed by atoms with van der Waals surface area (Å²) in [5, 5.41) is 12.8. The number of rotatable bonds is 2. The Morgan fingerprint density at radius 1 is 0.833 bits per heavy atom. The molecule has 0 radical (unpaired) electrons. The van der Waals surface area contributed by atoms with Crippen molar-refractivity contribution in [2.45, 2.75) is 0 Å². The first kappa shape index (κ1) is 11.3. The van der Waals surface area contributed by atoms with E-state index in [0.29, 0.717) is 0 Å². The fraction of sp³-hybridized carbons (Fsp3) is 0. The standard InChI is InChI=1S/C6H6N8O4/c7-3-1(11-17-13-3)5(15)9-10-6(16)2-4(8)14-18-12-2/h(H2,7,13)(H2,8,14)(H,9,15)(H,10,16). The van der Waals surface area contributed by atoms with Gasteiger partial charge in [-0.1, -0.05) is 0 Å². The van der Waals surface area contributed by atoms with Crippen LogP contribution in [-0.4, -0.2) is 32.4 Å². The van der Waals surface area contributed by atoms with Gasteiger partial charge in [0, 0.05) is 0 Å². The van der Waals surface area contributed by atoms with Crippen molar-refractivity contribution >= 4 is 23.5 Å². The van der Waals surface area contributed by atoms with Crippen LogP contribution in [0.2, 0.25) is 0 Å². The lowest BCUT2D eigenvalue weighted by molar-refractivity contribution is 0.0836. The number of anilines is 2. The highest BCUT2D eigenvalue weighted by Crippen LogP contribution is 2.04. The Kier molecular flexibility index (Phi) is 2.74. The Bertz CT molecular complexity index is 536. The van der Waals surface area contributed by atoms with Crippen molar-refractivity contribution < 1.29 is 18.8 Å². The predicted octanol–water partition coefficient (Wildman–Crippen LogP) is -2.31. The van der Waals surface area contributed by atoms with Crippen LogP contribution in [0.4, 0.5) is 11.6 Å². The minimum Gasteiger partial charge on any atom is -0.379 e. The van der Waals surface area contributed by atoms with Crippen molar-refractivity contribution in [3.63, 3.8) is 0 Å². The monoisotopic (exact) mass is 254 g/mol. The van der Waals surface area contributed by atoms with Crippen LogP contribution in [0.1, 0.15) is 21.0 Å². The molecule has 0 spiro atoms. The number of hydrogen-bond acceptors (Lipinski definition) is 10. The van der Waals surface area contributed by atoms with E-state index < -0.39 is 11.8 Å². The molecule has 0 saturated heterocycles. The first-order chi connectivity index (χ1) is 8.59. The lowest BCUT2D eigenvalue weighted by Gasteiger charge is -2.02. The van der Waals surface area contributed by atoms with Crippen LogP contribution in [0, 0.1) is 0 Å². The molecular formula is C6H6N8O4. The van der Waals surface area contributed by atoms with Gasteiger partial charge in [-0.25, -0.2) is 9.26 Å². The molecular weight excluding hydrogens is 248 g/mol. The minimum atomic E-state index is -0.822. The van der Waals surface area contributed by atoms with E-state index in [9.17, 15) is 9.59 Å². The maximum atomic E-state index is 11.4. The molecule has 0 bridgehead atoms. The summed E-state index contributed by atoms with van der Waals surface area (Å²) in [6.45, 7) is 0. The normalized spacial score (nSPS) is 10.0. The average molecular weight is 254 g/mol. The average Bonchev–Trinajstić information content (AvgIpc) is 2.94. The van der Waals surface area contributed by atoms with Crippen molar-refractivity contribution in [3.05, 3.63) is 11.4 Å². The summed E-state index contributed by atoms with van der Waals surface area (Å²) in [6, 6.07) is 0. The van der Waals surface area contributed by atoms with Gasteiger partial charge >= 0.3 is 0 Å². The van der Waals surface area contributed by atoms with Crippen molar-refractivity contribution in [3.8, 4) is 0 Å². The molecule has 12 nitrogen and oxygen atoms in total. The number of nitrogens with zero attached hydrogens (tertiary/aromatic N) is 4. The summed E-state index contributed by atoms with van der Waals surface area (Å²) in [6.07, 6.45) is 0. The zero-order valence-corrected chi connectivity index (χ0v) is 8.58. The van der Waals surface area contributed by atoms with E-state index >= 15 is 0 Å². The van der Waals surface area contributed by atoms with E-state index in [-0.39, 0.29) is 23.0 Å². The van der Waals surface area contributed by atoms with Gasteiger partial charge in [-0.05, 0) is 20.6 Å². The van der Waals surface area contributed by atoms with Crippen LogP contribution in [0.3, 0.4) is 0 Å². The van der Waals surface area contributed by atoms with Crippen molar-refractivity contribution in [2.75, 3.05) is 11.5 Å². The van der Waals surface area contributed by atoms with Crippen molar-refractivity contribution in [1.29, 1.82) is 0 Å². The molecule has 0 saturated carbocycles. The number of hydrogen-bond donors (Lipinski definition) is 4. The molecule has 6 N–H and O–H groups in total. The molecule has 2 aromatic rings. The highest BCUT2D eigenvalue weighted by Gasteiger charge is 2.19. The van der Waals surface area contributed by atoms with Gasteiger partial charge in [0.2, 0.25) is 23.0 Å². The number of nitrogens with one attached hydrogen (secondary N) is 2. The zero-order valence-electron chi connectivity index (χ0n) is 8.58. The van der Waals surface area contributed by atoms with Crippen LogP contribution in [0.25, 0.3) is 0 Å². The van der Waals surface area contributed by atoms with Gasteiger partial charge in [-0.3, -0.25) is 20.4 Å². The van der Waals surface area contributed by atoms with Gasteiger partial charge in [-0.2, -0.15) is 0 Å². The van der Waals surface area contributed by atoms with Gasteiger partial charge in [0.05, 0.1) is 0 Å². The third kappa shape index (κ3) is 2.01. The first-order valence-electron chi connectivity index (χ1n) is 4.36. The second kappa shape index (κ2) is 4.36. The van der Waals surface area contributed by atoms with Gasteiger partial charge in [0.1, 0.15) is 0 Å². The maximum Gasteiger partial charge on any atom is 0.295 e. The molecule has 0 aromatic carbocycles. The van der Waals surface area contributed by atoms with Crippen molar-refractivity contribution in [2.24, 2.45) is 0 Å². The quantitative estimate of drug-likeness (QED) is 0.423. The van der Waals surface area contributed by atoms with E-state index in [1.165, 1.54) is 0 Å². The van der Waals surface area contributed by atoms with Gasteiger partial charge in [0.25, 0.3) is 11.8 Å². The lowest BCUT2D eigenvalue weighted by atomic mass is 10.4. The Morgan fingerprint density at radius 2 is 1.22 bits per heavy atom. The summed E-state index contributed by atoms with van der Waals surface area (Å²) >= 11 is 0. The molecule has 0 atom stereocenters. The lowest BCUT2D eigenvalue weighted by Crippen LogP contribution is -2.42. The number of hydrazine groups is 1. The molecule has 0 aliphatic heterocycles. The molecule has 0 aliphatic carbocycles. The Balaban J connectivity index is 1.97. The molecule has 2 amide bonds. The summed E-state index contributed by atoms with van der Waals surface area (Å²) in [5.41, 5.74) is 14.0. The van der Waals surface area contributed by atoms with Crippen LogP contribution >= 0.6 is 0 Å². The van der Waals surface area contributed by atoms with Crippen LogP contribution in [0.15, 0.2) is 9.26 Å². The van der Waals surface area contributed by atoms with Crippen LogP contribution < -0.4 is 22.3 Å². The molecule has 94 valence electrons.